The van der Waals surface area contributed by atoms with Crippen LogP contribution in [-0.4, -0.2) is 36.8 Å². The maximum atomic E-state index is 5.41. The molecule has 114 valence electrons. The molecular formula is C14H22N6O. The Bertz CT molecular complexity index is 571. The Balaban J connectivity index is 1.74. The molecule has 1 fully saturated rings. The van der Waals surface area contributed by atoms with Gasteiger partial charge in [-0.1, -0.05) is 32.3 Å². The molecule has 1 unspecified atom stereocenters. The van der Waals surface area contributed by atoms with Crippen LogP contribution in [0.4, 0.5) is 0 Å². The standard InChI is InChI=1S/C14H22N6O/c1-14(2,3)13-17-11(21-19-13)8-20-7-5-4-6-10(20)12-15-9-16-18-12/h9-10H,4-8H2,1-3H3,(H,15,16,18). The van der Waals surface area contributed by atoms with E-state index in [9.17, 15) is 0 Å². The Kier molecular flexibility index (Phi) is 3.75. The largest absolute Gasteiger partial charge is 0.338 e. The van der Waals surface area contributed by atoms with Crippen LogP contribution in [-0.2, 0) is 12.0 Å². The molecule has 7 nitrogen and oxygen atoms in total. The number of piperidine rings is 1. The summed E-state index contributed by atoms with van der Waals surface area (Å²) in [5, 5.41) is 11.0. The number of nitrogens with one attached hydrogen (secondary N) is 1. The Morgan fingerprint density at radius 2 is 2.24 bits per heavy atom. The minimum atomic E-state index is -0.0893. The number of nitrogens with zero attached hydrogens (tertiary/aromatic N) is 5. The molecule has 0 spiro atoms. The number of aromatic amines is 1. The smallest absolute Gasteiger partial charge is 0.240 e. The first kappa shape index (κ1) is 14.2. The molecule has 3 heterocycles. The summed E-state index contributed by atoms with van der Waals surface area (Å²) in [5.41, 5.74) is -0.0893. The summed E-state index contributed by atoms with van der Waals surface area (Å²) in [6.07, 6.45) is 5.03. The fourth-order valence-electron chi connectivity index (χ4n) is 2.66. The summed E-state index contributed by atoms with van der Waals surface area (Å²) in [6.45, 7) is 7.92. The van der Waals surface area contributed by atoms with Gasteiger partial charge in [-0.25, -0.2) is 4.98 Å². The van der Waals surface area contributed by atoms with Gasteiger partial charge in [0.1, 0.15) is 12.2 Å². The predicted molar refractivity (Wildman–Crippen MR) is 76.4 cm³/mol. The van der Waals surface area contributed by atoms with Crippen LogP contribution in [0.5, 0.6) is 0 Å². The van der Waals surface area contributed by atoms with Crippen LogP contribution < -0.4 is 0 Å². The van der Waals surface area contributed by atoms with Crippen molar-refractivity contribution in [3.05, 3.63) is 23.9 Å². The minimum Gasteiger partial charge on any atom is -0.338 e. The Hall–Kier alpha value is -1.76. The van der Waals surface area contributed by atoms with Crippen LogP contribution in [0.2, 0.25) is 0 Å². The van der Waals surface area contributed by atoms with Crippen LogP contribution in [0, 0.1) is 0 Å². The van der Waals surface area contributed by atoms with E-state index in [0.717, 1.165) is 24.6 Å². The van der Waals surface area contributed by atoms with E-state index >= 15 is 0 Å². The van der Waals surface area contributed by atoms with Gasteiger partial charge in [0.05, 0.1) is 12.6 Å². The summed E-state index contributed by atoms with van der Waals surface area (Å²) in [6, 6.07) is 0.256. The van der Waals surface area contributed by atoms with Crippen molar-refractivity contribution < 1.29 is 4.52 Å². The second kappa shape index (κ2) is 5.55. The fourth-order valence-corrected chi connectivity index (χ4v) is 2.66. The van der Waals surface area contributed by atoms with Crippen molar-refractivity contribution in [1.82, 2.24) is 30.2 Å². The summed E-state index contributed by atoms with van der Waals surface area (Å²) < 4.78 is 5.41. The molecule has 7 heteroatoms. The quantitative estimate of drug-likeness (QED) is 0.933. The molecular weight excluding hydrogens is 268 g/mol. The molecule has 0 saturated carbocycles. The molecule has 3 rings (SSSR count). The van der Waals surface area contributed by atoms with E-state index in [1.807, 2.05) is 0 Å². The summed E-state index contributed by atoms with van der Waals surface area (Å²) in [7, 11) is 0. The zero-order chi connectivity index (χ0) is 14.9. The number of aromatic nitrogens is 5. The topological polar surface area (TPSA) is 83.7 Å². The molecule has 1 N–H and O–H groups in total. The van der Waals surface area contributed by atoms with Crippen LogP contribution >= 0.6 is 0 Å². The number of likely N-dealkylation sites (tertiary alicyclic amines) is 1. The zero-order valence-corrected chi connectivity index (χ0v) is 12.8. The SMILES string of the molecule is CC(C)(C)c1noc(CN2CCCCC2c2ncn[nH]2)n1. The lowest BCUT2D eigenvalue weighted by atomic mass is 9.96. The molecule has 1 aliphatic rings. The normalized spacial score (nSPS) is 20.8. The molecule has 21 heavy (non-hydrogen) atoms. The molecule has 1 aliphatic heterocycles. The average Bonchev–Trinajstić information content (AvgIpc) is 3.09. The first-order valence-electron chi connectivity index (χ1n) is 7.46. The van der Waals surface area contributed by atoms with Crippen LogP contribution in [0.3, 0.4) is 0 Å². The van der Waals surface area contributed by atoms with Gasteiger partial charge >= 0.3 is 0 Å². The van der Waals surface area contributed by atoms with E-state index in [4.69, 9.17) is 4.52 Å². The molecule has 0 amide bonds. The summed E-state index contributed by atoms with van der Waals surface area (Å²) >= 11 is 0. The molecule has 0 bridgehead atoms. The Labute approximate surface area is 124 Å². The van der Waals surface area contributed by atoms with Gasteiger partial charge in [-0.2, -0.15) is 10.1 Å². The lowest BCUT2D eigenvalue weighted by Crippen LogP contribution is -2.33. The van der Waals surface area contributed by atoms with Crippen LogP contribution in [0.1, 0.15) is 63.6 Å². The molecule has 1 atom stereocenters. The maximum absolute atomic E-state index is 5.41. The third-order valence-electron chi connectivity index (χ3n) is 3.84. The van der Waals surface area contributed by atoms with Crippen molar-refractivity contribution in [1.29, 1.82) is 0 Å². The highest BCUT2D eigenvalue weighted by molar-refractivity contribution is 5.01. The molecule has 0 aliphatic carbocycles. The summed E-state index contributed by atoms with van der Waals surface area (Å²) in [4.78, 5) is 11.2. The highest BCUT2D eigenvalue weighted by Crippen LogP contribution is 2.30. The van der Waals surface area contributed by atoms with Crippen molar-refractivity contribution in [2.75, 3.05) is 6.54 Å². The van der Waals surface area contributed by atoms with E-state index in [0.29, 0.717) is 12.4 Å². The van der Waals surface area contributed by atoms with Gasteiger partial charge < -0.3 is 4.52 Å². The van der Waals surface area contributed by atoms with E-state index < -0.39 is 0 Å². The Morgan fingerprint density at radius 1 is 1.38 bits per heavy atom. The second-order valence-electron chi connectivity index (χ2n) is 6.61. The summed E-state index contributed by atoms with van der Waals surface area (Å²) in [5.74, 6) is 2.35. The first-order chi connectivity index (χ1) is 10.0. The van der Waals surface area contributed by atoms with E-state index in [1.165, 1.54) is 12.8 Å². The average molecular weight is 290 g/mol. The number of hydrogen-bond acceptors (Lipinski definition) is 6. The van der Waals surface area contributed by atoms with E-state index in [-0.39, 0.29) is 11.5 Å². The molecule has 0 radical (unpaired) electrons. The molecule has 1 saturated heterocycles. The second-order valence-corrected chi connectivity index (χ2v) is 6.61. The number of hydrogen-bond donors (Lipinski definition) is 1. The van der Waals surface area contributed by atoms with Gasteiger partial charge in [-0.3, -0.25) is 10.00 Å². The highest BCUT2D eigenvalue weighted by atomic mass is 16.5. The van der Waals surface area contributed by atoms with Crippen molar-refractivity contribution in [2.45, 2.75) is 58.0 Å². The van der Waals surface area contributed by atoms with Gasteiger partial charge in [0.2, 0.25) is 5.89 Å². The minimum absolute atomic E-state index is 0.0893. The van der Waals surface area contributed by atoms with Crippen molar-refractivity contribution in [2.24, 2.45) is 0 Å². The highest BCUT2D eigenvalue weighted by Gasteiger charge is 2.28. The Morgan fingerprint density at radius 3 is 2.90 bits per heavy atom. The third-order valence-corrected chi connectivity index (χ3v) is 3.84. The van der Waals surface area contributed by atoms with Crippen LogP contribution in [0.15, 0.2) is 10.9 Å². The van der Waals surface area contributed by atoms with Crippen molar-refractivity contribution in [3.63, 3.8) is 0 Å². The number of rotatable bonds is 3. The monoisotopic (exact) mass is 290 g/mol. The lowest BCUT2D eigenvalue weighted by molar-refractivity contribution is 0.118. The zero-order valence-electron chi connectivity index (χ0n) is 12.8. The van der Waals surface area contributed by atoms with Crippen molar-refractivity contribution in [3.8, 4) is 0 Å². The van der Waals surface area contributed by atoms with Gasteiger partial charge in [0.25, 0.3) is 0 Å². The fraction of sp³-hybridized carbons (Fsp3) is 0.714. The van der Waals surface area contributed by atoms with Gasteiger partial charge in [-0.15, -0.1) is 0 Å². The van der Waals surface area contributed by atoms with Crippen molar-refractivity contribution >= 4 is 0 Å². The van der Waals surface area contributed by atoms with Gasteiger partial charge in [0.15, 0.2) is 5.82 Å². The third kappa shape index (κ3) is 3.12. The molecule has 2 aromatic heterocycles. The first-order valence-corrected chi connectivity index (χ1v) is 7.46. The van der Waals surface area contributed by atoms with Gasteiger partial charge in [-0.05, 0) is 19.4 Å². The maximum Gasteiger partial charge on any atom is 0.240 e. The number of H-pyrrole nitrogens is 1. The predicted octanol–water partition coefficient (Wildman–Crippen LogP) is 2.21. The van der Waals surface area contributed by atoms with E-state index in [2.05, 4.69) is 51.0 Å². The lowest BCUT2D eigenvalue weighted by Gasteiger charge is -2.32. The van der Waals surface area contributed by atoms with Crippen LogP contribution in [0.25, 0.3) is 0 Å². The molecule has 2 aromatic rings. The van der Waals surface area contributed by atoms with E-state index in [1.54, 1.807) is 6.33 Å². The molecule has 0 aromatic carbocycles. The van der Waals surface area contributed by atoms with Gasteiger partial charge in [0, 0.05) is 5.41 Å².